The molecule has 0 radical (unpaired) electrons. The smallest absolute Gasteiger partial charge is 0.315 e. The summed E-state index contributed by atoms with van der Waals surface area (Å²) >= 11 is 0. The quantitative estimate of drug-likeness (QED) is 0.753. The molecule has 0 aliphatic rings. The van der Waals surface area contributed by atoms with Gasteiger partial charge in [-0.3, -0.25) is 4.79 Å². The summed E-state index contributed by atoms with van der Waals surface area (Å²) in [4.78, 5) is 23.0. The van der Waals surface area contributed by atoms with Crippen LogP contribution < -0.4 is 20.7 Å². The van der Waals surface area contributed by atoms with Gasteiger partial charge in [-0.15, -0.1) is 0 Å². The number of nitrogens with one attached hydrogen (secondary N) is 3. The van der Waals surface area contributed by atoms with Crippen molar-refractivity contribution >= 4 is 17.6 Å². The maximum atomic E-state index is 11.7. The maximum absolute atomic E-state index is 11.7. The Morgan fingerprint density at radius 1 is 1.22 bits per heavy atom. The second kappa shape index (κ2) is 8.41. The van der Waals surface area contributed by atoms with Crippen molar-refractivity contribution < 1.29 is 14.3 Å². The van der Waals surface area contributed by atoms with Gasteiger partial charge >= 0.3 is 6.03 Å². The summed E-state index contributed by atoms with van der Waals surface area (Å²) in [5.74, 6) is 0.496. The van der Waals surface area contributed by atoms with Gasteiger partial charge in [0.1, 0.15) is 5.75 Å². The molecule has 0 unspecified atom stereocenters. The number of hydrogen-bond acceptors (Lipinski definition) is 3. The number of amides is 3. The Balaban J connectivity index is 2.63. The first kappa shape index (κ1) is 18.8. The van der Waals surface area contributed by atoms with E-state index in [1.54, 1.807) is 0 Å². The molecule has 0 saturated carbocycles. The summed E-state index contributed by atoms with van der Waals surface area (Å²) in [6, 6.07) is 5.44. The summed E-state index contributed by atoms with van der Waals surface area (Å²) in [7, 11) is 0. The van der Waals surface area contributed by atoms with E-state index in [0.717, 1.165) is 5.56 Å². The minimum absolute atomic E-state index is 0.147. The molecule has 0 spiro atoms. The Kier molecular flexibility index (Phi) is 6.88. The molecule has 128 valence electrons. The first-order valence-electron chi connectivity index (χ1n) is 7.80. The fourth-order valence-corrected chi connectivity index (χ4v) is 2.01. The van der Waals surface area contributed by atoms with E-state index in [1.165, 1.54) is 6.92 Å². The van der Waals surface area contributed by atoms with E-state index in [9.17, 15) is 9.59 Å². The summed E-state index contributed by atoms with van der Waals surface area (Å²) < 4.78 is 5.50. The highest BCUT2D eigenvalue weighted by molar-refractivity contribution is 5.90. The topological polar surface area (TPSA) is 79.5 Å². The van der Waals surface area contributed by atoms with Gasteiger partial charge < -0.3 is 20.7 Å². The van der Waals surface area contributed by atoms with Crippen LogP contribution in [-0.4, -0.2) is 30.6 Å². The molecule has 0 saturated heterocycles. The van der Waals surface area contributed by atoms with E-state index >= 15 is 0 Å². The van der Waals surface area contributed by atoms with Gasteiger partial charge in [-0.25, -0.2) is 4.79 Å². The number of carbonyl (C=O) groups is 2. The van der Waals surface area contributed by atoms with Crippen LogP contribution in [0.2, 0.25) is 0 Å². The molecule has 0 bridgehead atoms. The third-order valence-electron chi connectivity index (χ3n) is 2.84. The maximum Gasteiger partial charge on any atom is 0.315 e. The van der Waals surface area contributed by atoms with Crippen molar-refractivity contribution in [3.63, 3.8) is 0 Å². The van der Waals surface area contributed by atoms with Gasteiger partial charge in [-0.2, -0.15) is 0 Å². The highest BCUT2D eigenvalue weighted by atomic mass is 16.5. The molecule has 6 heteroatoms. The molecule has 23 heavy (non-hydrogen) atoms. The number of rotatable bonds is 6. The van der Waals surface area contributed by atoms with Crippen LogP contribution in [0.25, 0.3) is 0 Å². The molecule has 1 aromatic rings. The van der Waals surface area contributed by atoms with Crippen LogP contribution in [0.15, 0.2) is 18.2 Å². The molecule has 0 atom stereocenters. The minimum atomic E-state index is -0.262. The molecule has 0 aliphatic carbocycles. The van der Waals surface area contributed by atoms with Crippen molar-refractivity contribution in [2.75, 3.05) is 18.5 Å². The van der Waals surface area contributed by atoms with Crippen molar-refractivity contribution in [2.45, 2.75) is 46.6 Å². The van der Waals surface area contributed by atoms with Gasteiger partial charge in [0, 0.05) is 19.0 Å². The molecule has 3 N–H and O–H groups in total. The zero-order valence-corrected chi connectivity index (χ0v) is 14.6. The predicted octanol–water partition coefficient (Wildman–Crippen LogP) is 2.68. The Hall–Kier alpha value is -2.24. The normalized spacial score (nSPS) is 10.8. The minimum Gasteiger partial charge on any atom is -0.492 e. The third-order valence-corrected chi connectivity index (χ3v) is 2.84. The monoisotopic (exact) mass is 321 g/mol. The van der Waals surface area contributed by atoms with Crippen molar-refractivity contribution in [3.05, 3.63) is 23.8 Å². The molecular formula is C17H27N3O3. The molecule has 6 nitrogen and oxygen atoms in total. The van der Waals surface area contributed by atoms with Crippen LogP contribution in [0.1, 0.15) is 40.2 Å². The van der Waals surface area contributed by atoms with E-state index in [1.807, 2.05) is 45.9 Å². The molecule has 0 heterocycles. The zero-order chi connectivity index (χ0) is 17.5. The van der Waals surface area contributed by atoms with Crippen LogP contribution >= 0.6 is 0 Å². The average Bonchev–Trinajstić information content (AvgIpc) is 2.39. The van der Waals surface area contributed by atoms with Crippen LogP contribution in [0.4, 0.5) is 10.5 Å². The Labute approximate surface area is 138 Å². The lowest BCUT2D eigenvalue weighted by Crippen LogP contribution is -2.46. The van der Waals surface area contributed by atoms with E-state index in [0.29, 0.717) is 31.0 Å². The van der Waals surface area contributed by atoms with Crippen LogP contribution in [-0.2, 0) is 11.2 Å². The summed E-state index contributed by atoms with van der Waals surface area (Å²) in [5.41, 5.74) is 1.39. The van der Waals surface area contributed by atoms with Crippen molar-refractivity contribution in [1.29, 1.82) is 0 Å². The van der Waals surface area contributed by atoms with Gasteiger partial charge in [0.25, 0.3) is 0 Å². The Morgan fingerprint density at radius 2 is 1.91 bits per heavy atom. The van der Waals surface area contributed by atoms with Gasteiger partial charge in [0.05, 0.1) is 12.3 Å². The number of benzene rings is 1. The fourth-order valence-electron chi connectivity index (χ4n) is 2.01. The van der Waals surface area contributed by atoms with E-state index < -0.39 is 0 Å². The van der Waals surface area contributed by atoms with Crippen LogP contribution in [0, 0.1) is 0 Å². The number of carbonyl (C=O) groups excluding carboxylic acids is 2. The van der Waals surface area contributed by atoms with Gasteiger partial charge in [-0.05, 0) is 51.8 Å². The van der Waals surface area contributed by atoms with Crippen molar-refractivity contribution in [2.24, 2.45) is 0 Å². The highest BCUT2D eigenvalue weighted by Gasteiger charge is 2.13. The Morgan fingerprint density at radius 3 is 2.48 bits per heavy atom. The van der Waals surface area contributed by atoms with Gasteiger partial charge in [-0.1, -0.05) is 6.07 Å². The number of hydrogen-bond donors (Lipinski definition) is 3. The lowest BCUT2D eigenvalue weighted by Gasteiger charge is -2.20. The second-order valence-electron chi connectivity index (χ2n) is 6.33. The number of ether oxygens (including phenoxy) is 1. The van der Waals surface area contributed by atoms with E-state index in [4.69, 9.17) is 4.74 Å². The number of urea groups is 1. The zero-order valence-electron chi connectivity index (χ0n) is 14.6. The molecule has 3 amide bonds. The van der Waals surface area contributed by atoms with Gasteiger partial charge in [0.2, 0.25) is 5.91 Å². The lowest BCUT2D eigenvalue weighted by molar-refractivity contribution is -0.114. The predicted molar refractivity (Wildman–Crippen MR) is 91.9 cm³/mol. The molecule has 1 rings (SSSR count). The van der Waals surface area contributed by atoms with Gasteiger partial charge in [0.15, 0.2) is 0 Å². The van der Waals surface area contributed by atoms with E-state index in [2.05, 4.69) is 16.0 Å². The SMILES string of the molecule is CCOc1ccc(CCNC(=O)NC(C)(C)C)cc1NC(C)=O. The summed E-state index contributed by atoms with van der Waals surface area (Å²) in [5, 5.41) is 8.43. The average molecular weight is 321 g/mol. The van der Waals surface area contributed by atoms with E-state index in [-0.39, 0.29) is 17.5 Å². The summed E-state index contributed by atoms with van der Waals surface area (Å²) in [6.45, 7) is 10.2. The third kappa shape index (κ3) is 7.54. The standard InChI is InChI=1S/C17H27N3O3/c1-6-23-15-8-7-13(11-14(15)19-12(2)21)9-10-18-16(22)20-17(3,4)5/h7-8,11H,6,9-10H2,1-5H3,(H,19,21)(H2,18,20,22). The first-order valence-corrected chi connectivity index (χ1v) is 7.80. The molecule has 0 aliphatic heterocycles. The molecule has 1 aromatic carbocycles. The molecule has 0 fully saturated rings. The largest absolute Gasteiger partial charge is 0.492 e. The lowest BCUT2D eigenvalue weighted by atomic mass is 10.1. The number of anilines is 1. The summed E-state index contributed by atoms with van der Waals surface area (Å²) in [6.07, 6.45) is 0.663. The molecule has 0 aromatic heterocycles. The fraction of sp³-hybridized carbons (Fsp3) is 0.529. The highest BCUT2D eigenvalue weighted by Crippen LogP contribution is 2.26. The van der Waals surface area contributed by atoms with Crippen molar-refractivity contribution in [1.82, 2.24) is 10.6 Å². The Bertz CT molecular complexity index is 551. The van der Waals surface area contributed by atoms with Crippen LogP contribution in [0.5, 0.6) is 5.75 Å². The first-order chi connectivity index (χ1) is 10.7. The second-order valence-corrected chi connectivity index (χ2v) is 6.33. The van der Waals surface area contributed by atoms with Crippen LogP contribution in [0.3, 0.4) is 0 Å². The molecular weight excluding hydrogens is 294 g/mol. The van der Waals surface area contributed by atoms with Crippen molar-refractivity contribution in [3.8, 4) is 5.75 Å².